The zero-order valence-electron chi connectivity index (χ0n) is 17.8. The lowest BCUT2D eigenvalue weighted by Gasteiger charge is -2.28. The van der Waals surface area contributed by atoms with Crippen LogP contribution in [0, 0.1) is 5.82 Å². The number of fused-ring (bicyclic) bond motifs is 1. The fraction of sp³-hybridized carbons (Fsp3) is 0.0833. The number of amides is 1. The summed E-state index contributed by atoms with van der Waals surface area (Å²) < 4.78 is 15.3. The number of nitrogens with one attached hydrogen (secondary N) is 2. The van der Waals surface area contributed by atoms with Gasteiger partial charge in [-0.1, -0.05) is 35.3 Å². The molecular formula is C24H17Cl2FN6O. The Morgan fingerprint density at radius 2 is 1.94 bits per heavy atom. The molecule has 1 amide bonds. The highest BCUT2D eigenvalue weighted by atomic mass is 35.5. The molecule has 0 bridgehead atoms. The first kappa shape index (κ1) is 22.1. The van der Waals surface area contributed by atoms with Crippen LogP contribution in [0.4, 0.5) is 16.0 Å². The second-order valence-electron chi connectivity index (χ2n) is 7.64. The summed E-state index contributed by atoms with van der Waals surface area (Å²) in [5.41, 5.74) is 2.79. The Balaban J connectivity index is 1.61. The van der Waals surface area contributed by atoms with Crippen molar-refractivity contribution in [2.45, 2.75) is 13.0 Å². The number of allylic oxidation sites excluding steroid dienone is 1. The minimum atomic E-state index is -0.666. The van der Waals surface area contributed by atoms with E-state index in [9.17, 15) is 9.18 Å². The molecule has 34 heavy (non-hydrogen) atoms. The van der Waals surface area contributed by atoms with Crippen LogP contribution in [-0.4, -0.2) is 25.7 Å². The van der Waals surface area contributed by atoms with E-state index in [1.54, 1.807) is 66.5 Å². The zero-order chi connectivity index (χ0) is 23.8. The highest BCUT2D eigenvalue weighted by molar-refractivity contribution is 6.36. The molecule has 2 aromatic carbocycles. The van der Waals surface area contributed by atoms with Crippen LogP contribution in [0.15, 0.2) is 78.3 Å². The molecular weight excluding hydrogens is 478 g/mol. The molecule has 2 aromatic heterocycles. The SMILES string of the molecule is CC1=C(C(=O)Nc2cccnc2)C(c2ccc(F)cc2)n2nc(-c3ccc(Cl)cc3Cl)nc2N1. The third kappa shape index (κ3) is 4.13. The number of aromatic nitrogens is 4. The molecule has 3 heterocycles. The number of anilines is 2. The molecule has 0 fully saturated rings. The minimum absolute atomic E-state index is 0.348. The van der Waals surface area contributed by atoms with Gasteiger partial charge in [-0.15, -0.1) is 5.10 Å². The van der Waals surface area contributed by atoms with Crippen molar-refractivity contribution < 1.29 is 9.18 Å². The third-order valence-corrected chi connectivity index (χ3v) is 5.92. The van der Waals surface area contributed by atoms with E-state index < -0.39 is 6.04 Å². The molecule has 1 aliphatic heterocycles. The third-order valence-electron chi connectivity index (χ3n) is 5.37. The maximum atomic E-state index is 13.7. The monoisotopic (exact) mass is 494 g/mol. The Labute approximate surface area is 204 Å². The van der Waals surface area contributed by atoms with Gasteiger partial charge in [-0.25, -0.2) is 9.07 Å². The van der Waals surface area contributed by atoms with E-state index in [0.29, 0.717) is 49.9 Å². The second-order valence-corrected chi connectivity index (χ2v) is 8.48. The largest absolute Gasteiger partial charge is 0.328 e. The first-order valence-electron chi connectivity index (χ1n) is 10.3. The standard InChI is InChI=1S/C24H17Cl2FN6O/c1-13-20(23(34)30-17-3-2-10-28-12-17)21(14-4-7-16(27)8-5-14)33-24(29-13)31-22(32-33)18-9-6-15(25)11-19(18)26/h2-12,21H,1H3,(H,30,34)(H,29,31,32). The van der Waals surface area contributed by atoms with E-state index in [1.165, 1.54) is 12.1 Å². The Bertz CT molecular complexity index is 1420. The molecule has 0 saturated heterocycles. The zero-order valence-corrected chi connectivity index (χ0v) is 19.3. The van der Waals surface area contributed by atoms with Crippen LogP contribution >= 0.6 is 23.2 Å². The molecule has 4 aromatic rings. The molecule has 1 atom stereocenters. The van der Waals surface area contributed by atoms with Gasteiger partial charge in [0.1, 0.15) is 11.9 Å². The van der Waals surface area contributed by atoms with Crippen molar-refractivity contribution in [1.82, 2.24) is 19.7 Å². The van der Waals surface area contributed by atoms with Gasteiger partial charge in [0.05, 0.1) is 22.5 Å². The van der Waals surface area contributed by atoms with Gasteiger partial charge in [0.15, 0.2) is 5.82 Å². The van der Waals surface area contributed by atoms with E-state index in [1.807, 2.05) is 0 Å². The van der Waals surface area contributed by atoms with Crippen LogP contribution in [0.5, 0.6) is 0 Å². The summed E-state index contributed by atoms with van der Waals surface area (Å²) in [5.74, 6) is 0.0514. The number of hydrogen-bond acceptors (Lipinski definition) is 5. The molecule has 170 valence electrons. The minimum Gasteiger partial charge on any atom is -0.328 e. The summed E-state index contributed by atoms with van der Waals surface area (Å²) in [6.45, 7) is 1.78. The van der Waals surface area contributed by atoms with Gasteiger partial charge >= 0.3 is 0 Å². The lowest BCUT2D eigenvalue weighted by molar-refractivity contribution is -0.113. The molecule has 0 spiro atoms. The van der Waals surface area contributed by atoms with Gasteiger partial charge in [0, 0.05) is 22.5 Å². The van der Waals surface area contributed by atoms with Gasteiger partial charge in [-0.05, 0) is 55.0 Å². The van der Waals surface area contributed by atoms with Crippen LogP contribution in [-0.2, 0) is 4.79 Å². The van der Waals surface area contributed by atoms with Gasteiger partial charge in [0.25, 0.3) is 5.91 Å². The molecule has 1 aliphatic rings. The number of pyridine rings is 1. The highest BCUT2D eigenvalue weighted by Gasteiger charge is 2.34. The quantitative estimate of drug-likeness (QED) is 0.379. The van der Waals surface area contributed by atoms with Crippen molar-refractivity contribution in [1.29, 1.82) is 0 Å². The molecule has 10 heteroatoms. The Kier molecular flexibility index (Phi) is 5.77. The van der Waals surface area contributed by atoms with Crippen LogP contribution < -0.4 is 10.6 Å². The summed E-state index contributed by atoms with van der Waals surface area (Å²) >= 11 is 12.4. The normalized spacial score (nSPS) is 15.0. The summed E-state index contributed by atoms with van der Waals surface area (Å²) in [7, 11) is 0. The van der Waals surface area contributed by atoms with Crippen molar-refractivity contribution in [3.63, 3.8) is 0 Å². The van der Waals surface area contributed by atoms with Gasteiger partial charge in [0.2, 0.25) is 5.95 Å². The molecule has 0 radical (unpaired) electrons. The van der Waals surface area contributed by atoms with Crippen LogP contribution in [0.2, 0.25) is 10.0 Å². The van der Waals surface area contributed by atoms with Crippen LogP contribution in [0.3, 0.4) is 0 Å². The van der Waals surface area contributed by atoms with Crippen molar-refractivity contribution in [3.05, 3.63) is 99.7 Å². The molecule has 0 saturated carbocycles. The predicted molar refractivity (Wildman–Crippen MR) is 129 cm³/mol. The molecule has 2 N–H and O–H groups in total. The van der Waals surface area contributed by atoms with Crippen molar-refractivity contribution in [3.8, 4) is 11.4 Å². The number of benzene rings is 2. The predicted octanol–water partition coefficient (Wildman–Crippen LogP) is 5.71. The lowest BCUT2D eigenvalue weighted by atomic mass is 9.95. The van der Waals surface area contributed by atoms with Crippen molar-refractivity contribution in [2.75, 3.05) is 10.6 Å². The van der Waals surface area contributed by atoms with Crippen molar-refractivity contribution in [2.24, 2.45) is 0 Å². The average molecular weight is 495 g/mol. The number of nitrogens with zero attached hydrogens (tertiary/aromatic N) is 4. The first-order chi connectivity index (χ1) is 16.4. The van der Waals surface area contributed by atoms with E-state index >= 15 is 0 Å². The fourth-order valence-corrected chi connectivity index (χ4v) is 4.31. The second kappa shape index (κ2) is 8.89. The highest BCUT2D eigenvalue weighted by Crippen LogP contribution is 2.38. The summed E-state index contributed by atoms with van der Waals surface area (Å²) in [6.07, 6.45) is 3.17. The lowest BCUT2D eigenvalue weighted by Crippen LogP contribution is -2.31. The number of carbonyl (C=O) groups is 1. The topological polar surface area (TPSA) is 84.7 Å². The Morgan fingerprint density at radius 1 is 1.15 bits per heavy atom. The summed E-state index contributed by atoms with van der Waals surface area (Å²) in [6, 6.07) is 13.8. The maximum Gasteiger partial charge on any atom is 0.255 e. The fourth-order valence-electron chi connectivity index (χ4n) is 3.82. The number of rotatable bonds is 4. The molecule has 5 rings (SSSR count). The summed E-state index contributed by atoms with van der Waals surface area (Å²) in [5, 5.41) is 11.6. The van der Waals surface area contributed by atoms with Crippen LogP contribution in [0.25, 0.3) is 11.4 Å². The molecule has 1 unspecified atom stereocenters. The summed E-state index contributed by atoms with van der Waals surface area (Å²) in [4.78, 5) is 22.0. The van der Waals surface area contributed by atoms with Gasteiger partial charge < -0.3 is 10.6 Å². The molecule has 0 aliphatic carbocycles. The maximum absolute atomic E-state index is 13.7. The number of halogens is 3. The van der Waals surface area contributed by atoms with E-state index in [0.717, 1.165) is 0 Å². The first-order valence-corrected chi connectivity index (χ1v) is 11.0. The molecule has 7 nitrogen and oxygen atoms in total. The van der Waals surface area contributed by atoms with Crippen LogP contribution in [0.1, 0.15) is 18.5 Å². The Hall–Kier alpha value is -3.75. The average Bonchev–Trinajstić information content (AvgIpc) is 3.22. The Morgan fingerprint density at radius 3 is 2.65 bits per heavy atom. The van der Waals surface area contributed by atoms with E-state index in [-0.39, 0.29) is 11.7 Å². The number of carbonyl (C=O) groups excluding carboxylic acids is 1. The van der Waals surface area contributed by atoms with Gasteiger partial charge in [-0.3, -0.25) is 9.78 Å². The number of hydrogen-bond donors (Lipinski definition) is 2. The van der Waals surface area contributed by atoms with Gasteiger partial charge in [-0.2, -0.15) is 4.98 Å². The van der Waals surface area contributed by atoms with E-state index in [2.05, 4.69) is 25.7 Å². The van der Waals surface area contributed by atoms with Crippen molar-refractivity contribution >= 4 is 40.7 Å². The smallest absolute Gasteiger partial charge is 0.255 e. The van der Waals surface area contributed by atoms with E-state index in [4.69, 9.17) is 23.2 Å².